The van der Waals surface area contributed by atoms with Gasteiger partial charge >= 0.3 is 11.8 Å². The Morgan fingerprint density at radius 3 is 1.58 bits per heavy atom. The summed E-state index contributed by atoms with van der Waals surface area (Å²) in [6.07, 6.45) is -5.92. The Kier molecular flexibility index (Phi) is 3.34. The average molecular weight is 198 g/mol. The van der Waals surface area contributed by atoms with E-state index in [0.717, 1.165) is 0 Å². The van der Waals surface area contributed by atoms with E-state index in [1.807, 2.05) is 0 Å². The fourth-order valence-electron chi connectivity index (χ4n) is 0.441. The molecule has 0 amide bonds. The molecule has 74 valence electrons. The van der Waals surface area contributed by atoms with E-state index < -0.39 is 31.4 Å². The quantitative estimate of drug-likeness (QED) is 0.609. The lowest BCUT2D eigenvalue weighted by molar-refractivity contribution is -0.229. The van der Waals surface area contributed by atoms with Crippen molar-refractivity contribution in [3.8, 4) is 0 Å². The van der Waals surface area contributed by atoms with Gasteiger partial charge in [0.05, 0.1) is 6.42 Å². The first-order valence-electron chi connectivity index (χ1n) is 2.82. The molecule has 0 N–H and O–H groups in total. The first-order chi connectivity index (χ1) is 5.23. The smallest absolute Gasteiger partial charge is 0.244 e. The zero-order chi connectivity index (χ0) is 9.99. The molecule has 0 bridgehead atoms. The second kappa shape index (κ2) is 3.49. The minimum Gasteiger partial charge on any atom is -0.244 e. The zero-order valence-corrected chi connectivity index (χ0v) is 5.64. The van der Waals surface area contributed by atoms with Crippen LogP contribution in [0.5, 0.6) is 0 Å². The summed E-state index contributed by atoms with van der Waals surface area (Å²) in [5.41, 5.74) is 0. The molecule has 0 radical (unpaired) electrons. The maximum absolute atomic E-state index is 12.0. The molecule has 0 aromatic rings. The number of halogens is 7. The lowest BCUT2D eigenvalue weighted by atomic mass is 10.1. The molecular weight excluding hydrogens is 193 g/mol. The van der Waals surface area contributed by atoms with Crippen LogP contribution in [0, 0.1) is 0 Å². The average Bonchev–Trinajstić information content (AvgIpc) is 1.84. The van der Waals surface area contributed by atoms with E-state index >= 15 is 0 Å². The Morgan fingerprint density at radius 2 is 1.33 bits per heavy atom. The van der Waals surface area contributed by atoms with Crippen molar-refractivity contribution in [1.82, 2.24) is 0 Å². The molecule has 0 aromatic carbocycles. The summed E-state index contributed by atoms with van der Waals surface area (Å²) in [4.78, 5) is 0. The molecule has 0 atom stereocenters. The molecular formula is C5H5F7. The lowest BCUT2D eigenvalue weighted by Gasteiger charge is -2.23. The van der Waals surface area contributed by atoms with Gasteiger partial charge in [0.25, 0.3) is 0 Å². The van der Waals surface area contributed by atoms with Gasteiger partial charge in [-0.25, -0.2) is 13.2 Å². The van der Waals surface area contributed by atoms with Crippen molar-refractivity contribution in [3.63, 3.8) is 0 Å². The van der Waals surface area contributed by atoms with Crippen LogP contribution < -0.4 is 0 Å². The van der Waals surface area contributed by atoms with Crippen LogP contribution in [0.25, 0.3) is 0 Å². The molecule has 0 aliphatic rings. The second-order valence-electron chi connectivity index (χ2n) is 2.14. The fraction of sp³-hybridized carbons (Fsp3) is 1.00. The minimum absolute atomic E-state index is 2.33. The van der Waals surface area contributed by atoms with Crippen LogP contribution in [0.4, 0.5) is 30.7 Å². The molecule has 7 heteroatoms. The van der Waals surface area contributed by atoms with Crippen LogP contribution >= 0.6 is 0 Å². The Balaban J connectivity index is 4.37. The van der Waals surface area contributed by atoms with Crippen molar-refractivity contribution < 1.29 is 30.7 Å². The summed E-state index contributed by atoms with van der Waals surface area (Å²) in [6, 6.07) is 0. The summed E-state index contributed by atoms with van der Waals surface area (Å²) < 4.78 is 81.4. The SMILES string of the molecule is FCC(F)(F)C(F)(F)CC(F)F. The highest BCUT2D eigenvalue weighted by Gasteiger charge is 2.57. The molecule has 0 spiro atoms. The maximum atomic E-state index is 12.0. The summed E-state index contributed by atoms with van der Waals surface area (Å²) >= 11 is 0. The van der Waals surface area contributed by atoms with Crippen LogP contribution in [0.15, 0.2) is 0 Å². The van der Waals surface area contributed by atoms with E-state index in [4.69, 9.17) is 0 Å². The van der Waals surface area contributed by atoms with Gasteiger partial charge in [-0.2, -0.15) is 17.6 Å². The number of hydrogen-bond acceptors (Lipinski definition) is 0. The third-order valence-electron chi connectivity index (χ3n) is 1.11. The summed E-state index contributed by atoms with van der Waals surface area (Å²) in [5, 5.41) is 0. The third kappa shape index (κ3) is 2.53. The molecule has 0 nitrogen and oxygen atoms in total. The standard InChI is InChI=1S/C5H5F7/c6-2-5(11,12)4(9,10)1-3(7)8/h3H,1-2H2. The number of alkyl halides is 7. The fourth-order valence-corrected chi connectivity index (χ4v) is 0.441. The van der Waals surface area contributed by atoms with E-state index in [2.05, 4.69) is 0 Å². The largest absolute Gasteiger partial charge is 0.338 e. The van der Waals surface area contributed by atoms with Crippen molar-refractivity contribution in [3.05, 3.63) is 0 Å². The first kappa shape index (κ1) is 11.5. The lowest BCUT2D eigenvalue weighted by Crippen LogP contribution is -2.43. The van der Waals surface area contributed by atoms with Crippen LogP contribution in [-0.4, -0.2) is 24.9 Å². The maximum Gasteiger partial charge on any atom is 0.338 e. The molecule has 0 saturated carbocycles. The van der Waals surface area contributed by atoms with Crippen molar-refractivity contribution in [2.45, 2.75) is 24.7 Å². The van der Waals surface area contributed by atoms with E-state index in [0.29, 0.717) is 0 Å². The predicted octanol–water partition coefficient (Wildman–Crippen LogP) is 2.88. The van der Waals surface area contributed by atoms with E-state index in [1.54, 1.807) is 0 Å². The molecule has 0 aromatic heterocycles. The van der Waals surface area contributed by atoms with Crippen LogP contribution in [0.2, 0.25) is 0 Å². The zero-order valence-electron chi connectivity index (χ0n) is 5.64. The van der Waals surface area contributed by atoms with Gasteiger partial charge < -0.3 is 0 Å². The molecule has 0 fully saturated rings. The monoisotopic (exact) mass is 198 g/mol. The second-order valence-corrected chi connectivity index (χ2v) is 2.14. The van der Waals surface area contributed by atoms with Gasteiger partial charge in [0, 0.05) is 0 Å². The molecule has 0 unspecified atom stereocenters. The Hall–Kier alpha value is -0.490. The van der Waals surface area contributed by atoms with Gasteiger partial charge in [-0.3, -0.25) is 0 Å². The molecule has 0 heterocycles. The number of hydrogen-bond donors (Lipinski definition) is 0. The highest BCUT2D eigenvalue weighted by atomic mass is 19.3. The van der Waals surface area contributed by atoms with Crippen LogP contribution in [-0.2, 0) is 0 Å². The summed E-state index contributed by atoms with van der Waals surface area (Å²) in [6.45, 7) is -2.65. The minimum atomic E-state index is -5.01. The van der Waals surface area contributed by atoms with Crippen molar-refractivity contribution in [2.75, 3.05) is 6.67 Å². The molecule has 0 aliphatic carbocycles. The van der Waals surface area contributed by atoms with E-state index in [-0.39, 0.29) is 0 Å². The van der Waals surface area contributed by atoms with Crippen LogP contribution in [0.1, 0.15) is 6.42 Å². The molecule has 0 saturated heterocycles. The first-order valence-corrected chi connectivity index (χ1v) is 2.82. The predicted molar refractivity (Wildman–Crippen MR) is 26.5 cm³/mol. The highest BCUT2D eigenvalue weighted by Crippen LogP contribution is 2.38. The van der Waals surface area contributed by atoms with Gasteiger partial charge in [-0.05, 0) is 0 Å². The topological polar surface area (TPSA) is 0 Å². The van der Waals surface area contributed by atoms with Gasteiger partial charge in [0.2, 0.25) is 6.43 Å². The van der Waals surface area contributed by atoms with Gasteiger partial charge in [0.1, 0.15) is 0 Å². The number of rotatable bonds is 4. The van der Waals surface area contributed by atoms with Gasteiger partial charge in [-0.15, -0.1) is 0 Å². The summed E-state index contributed by atoms with van der Waals surface area (Å²) in [7, 11) is 0. The van der Waals surface area contributed by atoms with Crippen LogP contribution in [0.3, 0.4) is 0 Å². The highest BCUT2D eigenvalue weighted by molar-refractivity contribution is 4.84. The third-order valence-corrected chi connectivity index (χ3v) is 1.11. The van der Waals surface area contributed by atoms with Gasteiger partial charge in [0.15, 0.2) is 6.67 Å². The van der Waals surface area contributed by atoms with E-state index in [9.17, 15) is 30.7 Å². The van der Waals surface area contributed by atoms with Crippen molar-refractivity contribution in [1.29, 1.82) is 0 Å². The molecule has 0 rings (SSSR count). The Morgan fingerprint density at radius 1 is 0.917 bits per heavy atom. The normalized spacial score (nSPS) is 14.0. The Bertz CT molecular complexity index is 141. The summed E-state index contributed by atoms with van der Waals surface area (Å²) in [5.74, 6) is -10.0. The molecule has 12 heavy (non-hydrogen) atoms. The van der Waals surface area contributed by atoms with Crippen molar-refractivity contribution in [2.24, 2.45) is 0 Å². The Labute approximate surface area is 63.4 Å². The van der Waals surface area contributed by atoms with Crippen molar-refractivity contribution >= 4 is 0 Å². The van der Waals surface area contributed by atoms with E-state index in [1.165, 1.54) is 0 Å². The van der Waals surface area contributed by atoms with Gasteiger partial charge in [-0.1, -0.05) is 0 Å². The molecule has 0 aliphatic heterocycles.